The number of H-pyrrole nitrogens is 1. The molecule has 1 aromatic carbocycles. The van der Waals surface area contributed by atoms with Crippen LogP contribution >= 0.6 is 11.8 Å². The summed E-state index contributed by atoms with van der Waals surface area (Å²) in [6, 6.07) is 11.7. The highest BCUT2D eigenvalue weighted by Crippen LogP contribution is 2.26. The minimum Gasteiger partial charge on any atom is -0.455 e. The van der Waals surface area contributed by atoms with Crippen molar-refractivity contribution in [1.82, 2.24) is 20.5 Å². The van der Waals surface area contributed by atoms with E-state index < -0.39 is 0 Å². The molecule has 134 valence electrons. The smallest absolute Gasteiger partial charge is 0.287 e. The van der Waals surface area contributed by atoms with E-state index in [2.05, 4.69) is 32.6 Å². The van der Waals surface area contributed by atoms with Crippen LogP contribution < -0.4 is 5.32 Å². The van der Waals surface area contributed by atoms with Gasteiger partial charge in [0.15, 0.2) is 10.9 Å². The molecule has 7 nitrogen and oxygen atoms in total. The summed E-state index contributed by atoms with van der Waals surface area (Å²) < 4.78 is 11.4. The van der Waals surface area contributed by atoms with E-state index in [1.807, 2.05) is 12.1 Å². The van der Waals surface area contributed by atoms with Crippen molar-refractivity contribution < 1.29 is 13.9 Å². The lowest BCUT2D eigenvalue weighted by atomic mass is 9.97. The van der Waals surface area contributed by atoms with Crippen molar-refractivity contribution in [2.75, 3.05) is 13.2 Å². The van der Waals surface area contributed by atoms with Crippen molar-refractivity contribution >= 4 is 17.7 Å². The van der Waals surface area contributed by atoms with Crippen LogP contribution in [0.3, 0.4) is 0 Å². The van der Waals surface area contributed by atoms with Gasteiger partial charge in [-0.2, -0.15) is 5.10 Å². The summed E-state index contributed by atoms with van der Waals surface area (Å²) in [6.45, 7) is 1.08. The molecule has 0 aliphatic carbocycles. The largest absolute Gasteiger partial charge is 0.455 e. The van der Waals surface area contributed by atoms with Crippen LogP contribution in [-0.4, -0.2) is 34.2 Å². The van der Waals surface area contributed by atoms with E-state index in [-0.39, 0.29) is 12.0 Å². The Bertz CT molecular complexity index is 878. The van der Waals surface area contributed by atoms with Gasteiger partial charge in [0, 0.05) is 6.54 Å². The Kier molecular flexibility index (Phi) is 5.03. The maximum atomic E-state index is 12.3. The fraction of sp³-hybridized carbons (Fsp3) is 0.278. The Balaban J connectivity index is 1.33. The predicted molar refractivity (Wildman–Crippen MR) is 95.8 cm³/mol. The quantitative estimate of drug-likeness (QED) is 0.648. The lowest BCUT2D eigenvalue weighted by Gasteiger charge is -2.26. The highest BCUT2D eigenvalue weighted by atomic mass is 32.2. The van der Waals surface area contributed by atoms with Crippen LogP contribution in [0.2, 0.25) is 0 Å². The minimum absolute atomic E-state index is 0.125. The summed E-state index contributed by atoms with van der Waals surface area (Å²) >= 11 is 1.46. The average Bonchev–Trinajstić information content (AvgIpc) is 3.36. The van der Waals surface area contributed by atoms with E-state index in [0.29, 0.717) is 35.6 Å². The summed E-state index contributed by atoms with van der Waals surface area (Å²) in [7, 11) is 0. The van der Waals surface area contributed by atoms with Crippen LogP contribution in [0.25, 0.3) is 0 Å². The minimum atomic E-state index is -0.243. The molecule has 2 aromatic heterocycles. The zero-order valence-electron chi connectivity index (χ0n) is 14.0. The number of aromatic amines is 1. The second-order valence-corrected chi connectivity index (χ2v) is 6.83. The molecule has 0 saturated carbocycles. The standard InChI is InChI=1S/C18H18N4O3S/c23-17(15-6-5-13(25-15)10-26-18-20-11-21-22-18)19-9-16-14-4-2-1-3-12(14)7-8-24-16/h1-6,11,16H,7-10H2,(H,19,23)(H,20,21,22)/t16-/m0/s1. The van der Waals surface area contributed by atoms with Crippen LogP contribution in [0.5, 0.6) is 0 Å². The first-order valence-electron chi connectivity index (χ1n) is 8.34. The number of nitrogens with one attached hydrogen (secondary N) is 2. The number of amides is 1. The number of fused-ring (bicyclic) bond motifs is 1. The fourth-order valence-electron chi connectivity index (χ4n) is 2.90. The SMILES string of the molecule is O=C(NC[C@@H]1OCCc2ccccc21)c1ccc(CSc2ncn[nH]2)o1. The van der Waals surface area contributed by atoms with Crippen molar-refractivity contribution in [2.24, 2.45) is 0 Å². The first-order chi connectivity index (χ1) is 12.8. The first-order valence-corrected chi connectivity index (χ1v) is 9.32. The summed E-state index contributed by atoms with van der Waals surface area (Å²) in [4.78, 5) is 16.4. The van der Waals surface area contributed by atoms with Crippen LogP contribution in [0.15, 0.2) is 52.3 Å². The van der Waals surface area contributed by atoms with E-state index >= 15 is 0 Å². The van der Waals surface area contributed by atoms with E-state index in [1.54, 1.807) is 12.1 Å². The number of furan rings is 1. The van der Waals surface area contributed by atoms with Gasteiger partial charge in [-0.05, 0) is 29.7 Å². The molecule has 0 unspecified atom stereocenters. The highest BCUT2D eigenvalue weighted by Gasteiger charge is 2.21. The molecule has 0 saturated heterocycles. The molecule has 0 fully saturated rings. The van der Waals surface area contributed by atoms with Crippen molar-refractivity contribution in [3.05, 3.63) is 65.4 Å². The number of ether oxygens (including phenoxy) is 1. The van der Waals surface area contributed by atoms with Crippen LogP contribution in [-0.2, 0) is 16.9 Å². The van der Waals surface area contributed by atoms with Crippen LogP contribution in [0.4, 0.5) is 0 Å². The Morgan fingerprint density at radius 1 is 1.31 bits per heavy atom. The van der Waals surface area contributed by atoms with Crippen molar-refractivity contribution in [3.63, 3.8) is 0 Å². The lowest BCUT2D eigenvalue weighted by molar-refractivity contribution is 0.0407. The van der Waals surface area contributed by atoms with Crippen molar-refractivity contribution in [3.8, 4) is 0 Å². The normalized spacial score (nSPS) is 16.2. The Morgan fingerprint density at radius 3 is 3.12 bits per heavy atom. The lowest BCUT2D eigenvalue weighted by Crippen LogP contribution is -2.31. The van der Waals surface area contributed by atoms with Gasteiger partial charge in [0.05, 0.1) is 12.4 Å². The molecule has 0 spiro atoms. The third-order valence-electron chi connectivity index (χ3n) is 4.17. The summed E-state index contributed by atoms with van der Waals surface area (Å²) in [5, 5.41) is 10.2. The molecule has 1 aliphatic heterocycles. The van der Waals surface area contributed by atoms with Gasteiger partial charge in [-0.15, -0.1) is 0 Å². The van der Waals surface area contributed by atoms with Gasteiger partial charge >= 0.3 is 0 Å². The molecule has 0 bridgehead atoms. The van der Waals surface area contributed by atoms with Gasteiger partial charge in [-0.25, -0.2) is 4.98 Å². The Labute approximate surface area is 154 Å². The van der Waals surface area contributed by atoms with Crippen LogP contribution in [0.1, 0.15) is 33.5 Å². The number of benzene rings is 1. The molecule has 0 radical (unpaired) electrons. The number of hydrogen-bond acceptors (Lipinski definition) is 6. The van der Waals surface area contributed by atoms with Gasteiger partial charge in [0.2, 0.25) is 0 Å². The maximum Gasteiger partial charge on any atom is 0.287 e. The van der Waals surface area contributed by atoms with Crippen molar-refractivity contribution in [1.29, 1.82) is 0 Å². The zero-order valence-corrected chi connectivity index (χ0v) is 14.8. The number of rotatable bonds is 6. The van der Waals surface area contributed by atoms with Gasteiger partial charge in [-0.1, -0.05) is 36.0 Å². The van der Waals surface area contributed by atoms with Gasteiger partial charge < -0.3 is 14.5 Å². The van der Waals surface area contributed by atoms with Gasteiger partial charge in [-0.3, -0.25) is 9.89 Å². The van der Waals surface area contributed by atoms with Crippen LogP contribution in [0, 0.1) is 0 Å². The predicted octanol–water partition coefficient (Wildman–Crippen LogP) is 2.73. The number of carbonyl (C=O) groups excluding carboxylic acids is 1. The molecule has 3 aromatic rings. The maximum absolute atomic E-state index is 12.3. The number of thioether (sulfide) groups is 1. The number of aromatic nitrogens is 3. The Morgan fingerprint density at radius 2 is 2.23 bits per heavy atom. The highest BCUT2D eigenvalue weighted by molar-refractivity contribution is 7.98. The zero-order chi connectivity index (χ0) is 17.8. The van der Waals surface area contributed by atoms with Gasteiger partial charge in [0.25, 0.3) is 5.91 Å². The van der Waals surface area contributed by atoms with Crippen molar-refractivity contribution in [2.45, 2.75) is 23.4 Å². The molecule has 2 N–H and O–H groups in total. The summed E-state index contributed by atoms with van der Waals surface area (Å²) in [5.74, 6) is 1.33. The number of nitrogens with zero attached hydrogens (tertiary/aromatic N) is 2. The third-order valence-corrected chi connectivity index (χ3v) is 5.07. The molecule has 8 heteroatoms. The molecule has 1 amide bonds. The monoisotopic (exact) mass is 370 g/mol. The fourth-order valence-corrected chi connectivity index (χ4v) is 3.57. The molecule has 1 aliphatic rings. The second-order valence-electron chi connectivity index (χ2n) is 5.86. The number of hydrogen-bond donors (Lipinski definition) is 2. The van der Waals surface area contributed by atoms with E-state index in [4.69, 9.17) is 9.15 Å². The summed E-state index contributed by atoms with van der Waals surface area (Å²) in [6.07, 6.45) is 2.24. The third kappa shape index (κ3) is 3.81. The molecule has 26 heavy (non-hydrogen) atoms. The molecular formula is C18H18N4O3S. The van der Waals surface area contributed by atoms with E-state index in [0.717, 1.165) is 12.0 Å². The molecule has 4 rings (SSSR count). The second kappa shape index (κ2) is 7.76. The molecular weight excluding hydrogens is 352 g/mol. The molecule has 1 atom stereocenters. The van der Waals surface area contributed by atoms with Gasteiger partial charge in [0.1, 0.15) is 18.2 Å². The molecule has 3 heterocycles. The topological polar surface area (TPSA) is 93.0 Å². The first kappa shape index (κ1) is 16.9. The average molecular weight is 370 g/mol. The summed E-state index contributed by atoms with van der Waals surface area (Å²) in [5.41, 5.74) is 2.42. The Hall–Kier alpha value is -2.58. The number of carbonyl (C=O) groups is 1. The van der Waals surface area contributed by atoms with E-state index in [9.17, 15) is 4.79 Å². The van der Waals surface area contributed by atoms with E-state index in [1.165, 1.54) is 23.7 Å².